The summed E-state index contributed by atoms with van der Waals surface area (Å²) in [5.74, 6) is 0.107. The van der Waals surface area contributed by atoms with Gasteiger partial charge in [-0.15, -0.1) is 0 Å². The van der Waals surface area contributed by atoms with Gasteiger partial charge in [0.1, 0.15) is 11.9 Å². The average Bonchev–Trinajstić information content (AvgIpc) is 3.00. The molecule has 5 nitrogen and oxygen atoms in total. The molecule has 1 aromatic carbocycles. The molecule has 2 aromatic rings. The van der Waals surface area contributed by atoms with Crippen molar-refractivity contribution in [3.63, 3.8) is 0 Å². The Morgan fingerprint density at radius 1 is 1.33 bits per heavy atom. The standard InChI is InChI=1S/C16H15F3N2O3/c1-10-8-13(20-24-10)15(22)21-6-7-23-14(9-21)11-4-2-3-5-12(11)16(17,18)19/h2-5,8,14H,6-7,9H2,1H3/t14-/m1/s1. The number of carbonyl (C=O) groups excluding carboxylic acids is 1. The van der Waals surface area contributed by atoms with Crippen molar-refractivity contribution in [3.8, 4) is 0 Å². The van der Waals surface area contributed by atoms with E-state index in [1.54, 1.807) is 6.92 Å². The minimum absolute atomic E-state index is 0.0256. The van der Waals surface area contributed by atoms with E-state index in [0.717, 1.165) is 6.07 Å². The Morgan fingerprint density at radius 2 is 2.08 bits per heavy atom. The monoisotopic (exact) mass is 340 g/mol. The molecule has 1 fully saturated rings. The van der Waals surface area contributed by atoms with Gasteiger partial charge in [-0.25, -0.2) is 0 Å². The number of nitrogens with zero attached hydrogens (tertiary/aromatic N) is 2. The number of ether oxygens (including phenoxy) is 1. The number of alkyl halides is 3. The highest BCUT2D eigenvalue weighted by Gasteiger charge is 2.37. The second-order valence-corrected chi connectivity index (χ2v) is 5.52. The first-order chi connectivity index (χ1) is 11.4. The lowest BCUT2D eigenvalue weighted by atomic mass is 10.0. The maximum atomic E-state index is 13.2. The summed E-state index contributed by atoms with van der Waals surface area (Å²) in [5.41, 5.74) is -0.585. The van der Waals surface area contributed by atoms with Gasteiger partial charge < -0.3 is 14.2 Å². The predicted octanol–water partition coefficient (Wildman–Crippen LogP) is 3.22. The van der Waals surface area contributed by atoms with Crippen LogP contribution in [0.3, 0.4) is 0 Å². The largest absolute Gasteiger partial charge is 0.416 e. The smallest absolute Gasteiger partial charge is 0.370 e. The minimum atomic E-state index is -4.48. The van der Waals surface area contributed by atoms with E-state index in [-0.39, 0.29) is 36.9 Å². The molecule has 0 unspecified atom stereocenters. The molecular weight excluding hydrogens is 325 g/mol. The van der Waals surface area contributed by atoms with Gasteiger partial charge in [0.25, 0.3) is 5.91 Å². The Kier molecular flexibility index (Phi) is 4.31. The van der Waals surface area contributed by atoms with Crippen LogP contribution in [0.4, 0.5) is 13.2 Å². The number of amides is 1. The molecule has 0 N–H and O–H groups in total. The lowest BCUT2D eigenvalue weighted by Gasteiger charge is -2.33. The highest BCUT2D eigenvalue weighted by Crippen LogP contribution is 2.36. The van der Waals surface area contributed by atoms with Gasteiger partial charge in [0.15, 0.2) is 5.69 Å². The fraction of sp³-hybridized carbons (Fsp3) is 0.375. The number of benzene rings is 1. The van der Waals surface area contributed by atoms with Crippen molar-refractivity contribution in [2.24, 2.45) is 0 Å². The Morgan fingerprint density at radius 3 is 2.75 bits per heavy atom. The maximum absolute atomic E-state index is 13.2. The summed E-state index contributed by atoms with van der Waals surface area (Å²) in [5, 5.41) is 3.66. The SMILES string of the molecule is Cc1cc(C(=O)N2CCO[C@@H](c3ccccc3C(F)(F)F)C2)no1. The van der Waals surface area contributed by atoms with E-state index in [1.165, 1.54) is 29.2 Å². The lowest BCUT2D eigenvalue weighted by Crippen LogP contribution is -2.42. The zero-order valence-corrected chi connectivity index (χ0v) is 12.8. The number of morpholine rings is 1. The molecule has 0 saturated carbocycles. The number of hydrogen-bond acceptors (Lipinski definition) is 4. The van der Waals surface area contributed by atoms with Crippen LogP contribution in [0.25, 0.3) is 0 Å². The molecule has 2 heterocycles. The van der Waals surface area contributed by atoms with Crippen molar-refractivity contribution in [1.82, 2.24) is 10.1 Å². The normalized spacial score (nSPS) is 18.7. The third-order valence-electron chi connectivity index (χ3n) is 3.81. The van der Waals surface area contributed by atoms with E-state index in [2.05, 4.69) is 5.16 Å². The zero-order chi connectivity index (χ0) is 17.3. The van der Waals surface area contributed by atoms with E-state index in [0.29, 0.717) is 5.76 Å². The summed E-state index contributed by atoms with van der Waals surface area (Å²) in [6.07, 6.45) is -5.32. The number of rotatable bonds is 2. The molecule has 0 spiro atoms. The molecule has 0 radical (unpaired) electrons. The van der Waals surface area contributed by atoms with Crippen LogP contribution in [0.1, 0.15) is 33.5 Å². The summed E-state index contributed by atoms with van der Waals surface area (Å²) < 4.78 is 49.9. The van der Waals surface area contributed by atoms with Crippen LogP contribution in [0.2, 0.25) is 0 Å². The van der Waals surface area contributed by atoms with Crippen molar-refractivity contribution < 1.29 is 27.2 Å². The van der Waals surface area contributed by atoms with Crippen molar-refractivity contribution in [2.45, 2.75) is 19.2 Å². The lowest BCUT2D eigenvalue weighted by molar-refractivity contribution is -0.140. The molecule has 8 heteroatoms. The first-order valence-corrected chi connectivity index (χ1v) is 7.36. The molecule has 1 amide bonds. The highest BCUT2D eigenvalue weighted by molar-refractivity contribution is 5.92. The Bertz CT molecular complexity index is 742. The Labute approximate surface area is 136 Å². The molecule has 1 atom stereocenters. The molecule has 3 rings (SSSR count). The minimum Gasteiger partial charge on any atom is -0.370 e. The molecule has 1 aliphatic rings. The summed E-state index contributed by atoms with van der Waals surface area (Å²) in [7, 11) is 0. The fourth-order valence-electron chi connectivity index (χ4n) is 2.69. The van der Waals surface area contributed by atoms with Crippen LogP contribution < -0.4 is 0 Å². The molecule has 0 bridgehead atoms. The van der Waals surface area contributed by atoms with Gasteiger partial charge in [0.2, 0.25) is 0 Å². The molecule has 1 aromatic heterocycles. The van der Waals surface area contributed by atoms with E-state index in [1.807, 2.05) is 0 Å². The third-order valence-corrected chi connectivity index (χ3v) is 3.81. The van der Waals surface area contributed by atoms with Gasteiger partial charge in [-0.05, 0) is 18.6 Å². The van der Waals surface area contributed by atoms with Crippen LogP contribution in [0.5, 0.6) is 0 Å². The molecule has 24 heavy (non-hydrogen) atoms. The molecule has 128 valence electrons. The van der Waals surface area contributed by atoms with E-state index in [9.17, 15) is 18.0 Å². The number of hydrogen-bond donors (Lipinski definition) is 0. The zero-order valence-electron chi connectivity index (χ0n) is 12.8. The quantitative estimate of drug-likeness (QED) is 0.842. The third kappa shape index (κ3) is 3.28. The number of aromatic nitrogens is 1. The van der Waals surface area contributed by atoms with Crippen molar-refractivity contribution in [3.05, 3.63) is 52.9 Å². The first-order valence-electron chi connectivity index (χ1n) is 7.36. The molecule has 0 aliphatic carbocycles. The van der Waals surface area contributed by atoms with Gasteiger partial charge >= 0.3 is 6.18 Å². The summed E-state index contributed by atoms with van der Waals surface area (Å²) in [6.45, 7) is 2.12. The van der Waals surface area contributed by atoms with Gasteiger partial charge in [-0.3, -0.25) is 4.79 Å². The molecular formula is C16H15F3N2O3. The number of halogens is 3. The first kappa shape index (κ1) is 16.5. The van der Waals surface area contributed by atoms with Crippen LogP contribution in [0, 0.1) is 6.92 Å². The summed E-state index contributed by atoms with van der Waals surface area (Å²) in [6, 6.07) is 6.74. The van der Waals surface area contributed by atoms with Crippen molar-refractivity contribution in [2.75, 3.05) is 19.7 Å². The topological polar surface area (TPSA) is 55.6 Å². The highest BCUT2D eigenvalue weighted by atomic mass is 19.4. The van der Waals surface area contributed by atoms with Crippen molar-refractivity contribution >= 4 is 5.91 Å². The van der Waals surface area contributed by atoms with Crippen molar-refractivity contribution in [1.29, 1.82) is 0 Å². The van der Waals surface area contributed by atoms with Crippen LogP contribution in [-0.4, -0.2) is 35.7 Å². The van der Waals surface area contributed by atoms with Crippen LogP contribution >= 0.6 is 0 Å². The number of carbonyl (C=O) groups is 1. The second-order valence-electron chi connectivity index (χ2n) is 5.52. The second kappa shape index (κ2) is 6.27. The van der Waals surface area contributed by atoms with Gasteiger partial charge in [-0.1, -0.05) is 23.4 Å². The Balaban J connectivity index is 1.83. The molecule has 1 saturated heterocycles. The van der Waals surface area contributed by atoms with E-state index in [4.69, 9.17) is 9.26 Å². The maximum Gasteiger partial charge on any atom is 0.416 e. The average molecular weight is 340 g/mol. The van der Waals surface area contributed by atoms with Crippen LogP contribution in [-0.2, 0) is 10.9 Å². The fourth-order valence-corrected chi connectivity index (χ4v) is 2.69. The van der Waals surface area contributed by atoms with Gasteiger partial charge in [-0.2, -0.15) is 13.2 Å². The van der Waals surface area contributed by atoms with Gasteiger partial charge in [0.05, 0.1) is 18.7 Å². The summed E-state index contributed by atoms with van der Waals surface area (Å²) in [4.78, 5) is 13.8. The molecule has 1 aliphatic heterocycles. The Hall–Kier alpha value is -2.35. The van der Waals surface area contributed by atoms with Gasteiger partial charge in [0, 0.05) is 12.6 Å². The predicted molar refractivity (Wildman–Crippen MR) is 77.3 cm³/mol. The number of aryl methyl sites for hydroxylation is 1. The van der Waals surface area contributed by atoms with E-state index >= 15 is 0 Å². The summed E-state index contributed by atoms with van der Waals surface area (Å²) >= 11 is 0. The van der Waals surface area contributed by atoms with Crippen LogP contribution in [0.15, 0.2) is 34.9 Å². The van der Waals surface area contributed by atoms with E-state index < -0.39 is 17.8 Å².